The fourth-order valence-corrected chi connectivity index (χ4v) is 2.38. The zero-order valence-electron chi connectivity index (χ0n) is 13.3. The van der Waals surface area contributed by atoms with Crippen LogP contribution in [0.15, 0.2) is 42.5 Å². The lowest BCUT2D eigenvalue weighted by Crippen LogP contribution is -2.36. The minimum atomic E-state index is -0.730. The molecule has 0 bridgehead atoms. The number of amides is 2. The van der Waals surface area contributed by atoms with Crippen molar-refractivity contribution in [2.75, 3.05) is 18.5 Å². The lowest BCUT2D eigenvalue weighted by Gasteiger charge is -2.11. The molecule has 0 atom stereocenters. The molecule has 2 aromatic rings. The highest BCUT2D eigenvalue weighted by molar-refractivity contribution is 6.39. The molecule has 0 fully saturated rings. The van der Waals surface area contributed by atoms with Crippen LogP contribution in [0, 0.1) is 6.92 Å². The van der Waals surface area contributed by atoms with E-state index in [9.17, 15) is 9.59 Å². The molecule has 0 aliphatic carbocycles. The maximum Gasteiger partial charge on any atom is 0.313 e. The molecule has 5 nitrogen and oxygen atoms in total. The van der Waals surface area contributed by atoms with Crippen molar-refractivity contribution < 1.29 is 14.7 Å². The summed E-state index contributed by atoms with van der Waals surface area (Å²) >= 11 is 6.00. The Morgan fingerprint density at radius 3 is 2.50 bits per heavy atom. The summed E-state index contributed by atoms with van der Waals surface area (Å²) in [5.74, 6) is -1.45. The number of carbonyl (C=O) groups is 2. The van der Waals surface area contributed by atoms with Gasteiger partial charge in [0.2, 0.25) is 0 Å². The van der Waals surface area contributed by atoms with Crippen LogP contribution in [-0.4, -0.2) is 30.1 Å². The number of anilines is 1. The van der Waals surface area contributed by atoms with Crippen LogP contribution in [0.2, 0.25) is 5.02 Å². The van der Waals surface area contributed by atoms with Crippen LogP contribution in [0.25, 0.3) is 11.1 Å². The van der Waals surface area contributed by atoms with Crippen LogP contribution in [0.1, 0.15) is 12.0 Å². The van der Waals surface area contributed by atoms with E-state index in [2.05, 4.69) is 10.6 Å². The van der Waals surface area contributed by atoms with Gasteiger partial charge in [0.15, 0.2) is 0 Å². The number of nitrogens with one attached hydrogen (secondary N) is 2. The van der Waals surface area contributed by atoms with Gasteiger partial charge in [-0.25, -0.2) is 0 Å². The van der Waals surface area contributed by atoms with Gasteiger partial charge in [0, 0.05) is 23.9 Å². The van der Waals surface area contributed by atoms with Gasteiger partial charge in [0.05, 0.1) is 0 Å². The van der Waals surface area contributed by atoms with Gasteiger partial charge in [0.25, 0.3) is 0 Å². The highest BCUT2D eigenvalue weighted by atomic mass is 35.5. The van der Waals surface area contributed by atoms with Crippen molar-refractivity contribution in [3.8, 4) is 11.1 Å². The molecule has 0 heterocycles. The maximum atomic E-state index is 11.9. The molecule has 2 aromatic carbocycles. The van der Waals surface area contributed by atoms with E-state index >= 15 is 0 Å². The first-order valence-electron chi connectivity index (χ1n) is 7.58. The van der Waals surface area contributed by atoms with E-state index in [1.54, 1.807) is 6.07 Å². The van der Waals surface area contributed by atoms with Crippen molar-refractivity contribution >= 4 is 29.1 Å². The standard InChI is InChI=1S/C18H19ClN2O3/c1-12-10-14(13-4-2-5-15(19)11-13)6-7-16(12)21-18(24)17(23)20-8-3-9-22/h2,4-7,10-11,22H,3,8-9H2,1H3,(H,20,23)(H,21,24). The molecule has 24 heavy (non-hydrogen) atoms. The Bertz CT molecular complexity index is 747. The predicted octanol–water partition coefficient (Wildman–Crippen LogP) is 2.75. The third kappa shape index (κ3) is 4.81. The molecule has 6 heteroatoms. The molecule has 2 amide bonds. The van der Waals surface area contributed by atoms with Gasteiger partial charge in [-0.2, -0.15) is 0 Å². The Hall–Kier alpha value is -2.37. The number of halogens is 1. The summed E-state index contributed by atoms with van der Waals surface area (Å²) in [5, 5.41) is 14.3. The number of hydrogen-bond donors (Lipinski definition) is 3. The zero-order chi connectivity index (χ0) is 17.5. The van der Waals surface area contributed by atoms with E-state index in [-0.39, 0.29) is 13.2 Å². The molecule has 0 spiro atoms. The Labute approximate surface area is 145 Å². The topological polar surface area (TPSA) is 78.4 Å². The van der Waals surface area contributed by atoms with Crippen molar-refractivity contribution in [3.63, 3.8) is 0 Å². The Kier molecular flexibility index (Phi) is 6.35. The van der Waals surface area contributed by atoms with E-state index < -0.39 is 11.8 Å². The average molecular weight is 347 g/mol. The van der Waals surface area contributed by atoms with Crippen LogP contribution in [0.5, 0.6) is 0 Å². The largest absolute Gasteiger partial charge is 0.396 e. The molecule has 0 radical (unpaired) electrons. The molecular weight excluding hydrogens is 328 g/mol. The number of aliphatic hydroxyl groups is 1. The SMILES string of the molecule is Cc1cc(-c2cccc(Cl)c2)ccc1NC(=O)C(=O)NCCCO. The Balaban J connectivity index is 2.07. The van der Waals surface area contributed by atoms with Gasteiger partial charge in [-0.1, -0.05) is 29.8 Å². The van der Waals surface area contributed by atoms with E-state index in [0.717, 1.165) is 16.7 Å². The van der Waals surface area contributed by atoms with Crippen molar-refractivity contribution in [2.24, 2.45) is 0 Å². The summed E-state index contributed by atoms with van der Waals surface area (Å²) in [5.41, 5.74) is 3.36. The van der Waals surface area contributed by atoms with Gasteiger partial charge in [-0.05, 0) is 54.3 Å². The molecule has 0 saturated carbocycles. The van der Waals surface area contributed by atoms with E-state index in [4.69, 9.17) is 16.7 Å². The summed E-state index contributed by atoms with van der Waals surface area (Å²) in [7, 11) is 0. The normalized spacial score (nSPS) is 10.3. The fourth-order valence-electron chi connectivity index (χ4n) is 2.19. The lowest BCUT2D eigenvalue weighted by atomic mass is 10.0. The van der Waals surface area contributed by atoms with Crippen LogP contribution in [-0.2, 0) is 9.59 Å². The summed E-state index contributed by atoms with van der Waals surface area (Å²) < 4.78 is 0. The smallest absolute Gasteiger partial charge is 0.313 e. The average Bonchev–Trinajstić information content (AvgIpc) is 2.56. The lowest BCUT2D eigenvalue weighted by molar-refractivity contribution is -0.136. The molecule has 3 N–H and O–H groups in total. The number of aryl methyl sites for hydroxylation is 1. The minimum Gasteiger partial charge on any atom is -0.396 e. The van der Waals surface area contributed by atoms with E-state index in [0.29, 0.717) is 17.1 Å². The molecule has 2 rings (SSSR count). The molecule has 0 aromatic heterocycles. The van der Waals surface area contributed by atoms with Crippen LogP contribution in [0.4, 0.5) is 5.69 Å². The minimum absolute atomic E-state index is 0.0357. The quantitative estimate of drug-likeness (QED) is 0.575. The zero-order valence-corrected chi connectivity index (χ0v) is 14.1. The number of rotatable bonds is 5. The Morgan fingerprint density at radius 2 is 1.83 bits per heavy atom. The monoisotopic (exact) mass is 346 g/mol. The predicted molar refractivity (Wildman–Crippen MR) is 95.0 cm³/mol. The van der Waals surface area contributed by atoms with E-state index in [1.807, 2.05) is 43.3 Å². The molecule has 0 unspecified atom stereocenters. The van der Waals surface area contributed by atoms with Gasteiger partial charge in [0.1, 0.15) is 0 Å². The second-order valence-corrected chi connectivity index (χ2v) is 5.76. The summed E-state index contributed by atoms with van der Waals surface area (Å²) in [6, 6.07) is 13.0. The molecule has 126 valence electrons. The highest BCUT2D eigenvalue weighted by Crippen LogP contribution is 2.26. The highest BCUT2D eigenvalue weighted by Gasteiger charge is 2.14. The van der Waals surface area contributed by atoms with Crippen LogP contribution >= 0.6 is 11.6 Å². The van der Waals surface area contributed by atoms with Crippen molar-refractivity contribution in [1.82, 2.24) is 5.32 Å². The van der Waals surface area contributed by atoms with Gasteiger partial charge in [-0.3, -0.25) is 9.59 Å². The van der Waals surface area contributed by atoms with Crippen molar-refractivity contribution in [1.29, 1.82) is 0 Å². The molecule has 0 aliphatic heterocycles. The maximum absolute atomic E-state index is 11.9. The first kappa shape index (κ1) is 18.0. The first-order chi connectivity index (χ1) is 11.5. The first-order valence-corrected chi connectivity index (χ1v) is 7.95. The van der Waals surface area contributed by atoms with E-state index in [1.165, 1.54) is 0 Å². The number of hydrogen-bond acceptors (Lipinski definition) is 3. The third-order valence-electron chi connectivity index (χ3n) is 3.46. The van der Waals surface area contributed by atoms with Gasteiger partial charge < -0.3 is 15.7 Å². The molecular formula is C18H19ClN2O3. The van der Waals surface area contributed by atoms with Gasteiger partial charge >= 0.3 is 11.8 Å². The summed E-state index contributed by atoms with van der Waals surface area (Å²) in [6.45, 7) is 2.08. The Morgan fingerprint density at radius 1 is 1.08 bits per heavy atom. The second-order valence-electron chi connectivity index (χ2n) is 5.33. The summed E-state index contributed by atoms with van der Waals surface area (Å²) in [6.07, 6.45) is 0.409. The third-order valence-corrected chi connectivity index (χ3v) is 3.69. The fraction of sp³-hybridized carbons (Fsp3) is 0.222. The van der Waals surface area contributed by atoms with Crippen LogP contribution < -0.4 is 10.6 Å². The number of carbonyl (C=O) groups excluding carboxylic acids is 2. The van der Waals surface area contributed by atoms with Crippen LogP contribution in [0.3, 0.4) is 0 Å². The number of aliphatic hydroxyl groups excluding tert-OH is 1. The number of benzene rings is 2. The molecule has 0 aliphatic rings. The second kappa shape index (κ2) is 8.47. The van der Waals surface area contributed by atoms with Gasteiger partial charge in [-0.15, -0.1) is 0 Å². The van der Waals surface area contributed by atoms with Crippen molar-refractivity contribution in [3.05, 3.63) is 53.1 Å². The van der Waals surface area contributed by atoms with Crippen molar-refractivity contribution in [2.45, 2.75) is 13.3 Å². The summed E-state index contributed by atoms with van der Waals surface area (Å²) in [4.78, 5) is 23.5. The molecule has 0 saturated heterocycles.